The largest absolute Gasteiger partial charge is 0.480 e. The highest BCUT2D eigenvalue weighted by Crippen LogP contribution is 2.41. The van der Waals surface area contributed by atoms with Crippen LogP contribution < -0.4 is 5.32 Å². The van der Waals surface area contributed by atoms with E-state index in [1.54, 1.807) is 0 Å². The van der Waals surface area contributed by atoms with E-state index >= 15 is 0 Å². The second kappa shape index (κ2) is 6.73. The molecular formula is C13H23NO4. The standard InChI is InChI=1S/C13H23NO4/c1-10(2)18-9-4-3-8-14-11(15)13(12(16)17)6-5-7-13/h10H,3-9H2,1-2H3,(H,14,15)(H,16,17). The number of ether oxygens (including phenoxy) is 1. The van der Waals surface area contributed by atoms with Gasteiger partial charge in [-0.3, -0.25) is 9.59 Å². The topological polar surface area (TPSA) is 75.6 Å². The molecule has 1 aliphatic carbocycles. The SMILES string of the molecule is CC(C)OCCCCNC(=O)C1(C(=O)O)CCC1. The number of rotatable bonds is 8. The Hall–Kier alpha value is -1.10. The van der Waals surface area contributed by atoms with Crippen LogP contribution in [-0.2, 0) is 14.3 Å². The molecule has 0 radical (unpaired) electrons. The van der Waals surface area contributed by atoms with Crippen molar-refractivity contribution in [1.29, 1.82) is 0 Å². The van der Waals surface area contributed by atoms with Gasteiger partial charge in [0.2, 0.25) is 5.91 Å². The van der Waals surface area contributed by atoms with Crippen LogP contribution in [0.15, 0.2) is 0 Å². The van der Waals surface area contributed by atoms with Crippen molar-refractivity contribution in [2.24, 2.45) is 5.41 Å². The van der Waals surface area contributed by atoms with Crippen molar-refractivity contribution in [3.05, 3.63) is 0 Å². The molecule has 18 heavy (non-hydrogen) atoms. The molecule has 1 rings (SSSR count). The van der Waals surface area contributed by atoms with Crippen molar-refractivity contribution < 1.29 is 19.4 Å². The maximum Gasteiger partial charge on any atom is 0.319 e. The molecule has 5 heteroatoms. The summed E-state index contributed by atoms with van der Waals surface area (Å²) in [6, 6.07) is 0. The maximum absolute atomic E-state index is 11.8. The number of aliphatic carboxylic acids is 1. The van der Waals surface area contributed by atoms with Crippen molar-refractivity contribution in [2.45, 2.75) is 52.1 Å². The van der Waals surface area contributed by atoms with Gasteiger partial charge in [-0.15, -0.1) is 0 Å². The zero-order chi connectivity index (χ0) is 13.6. The van der Waals surface area contributed by atoms with Crippen LogP contribution in [0.5, 0.6) is 0 Å². The zero-order valence-electron chi connectivity index (χ0n) is 11.2. The van der Waals surface area contributed by atoms with Gasteiger partial charge in [0.15, 0.2) is 0 Å². The fourth-order valence-corrected chi connectivity index (χ4v) is 1.99. The summed E-state index contributed by atoms with van der Waals surface area (Å²) < 4.78 is 5.38. The van der Waals surface area contributed by atoms with Crippen molar-refractivity contribution in [2.75, 3.05) is 13.2 Å². The minimum absolute atomic E-state index is 0.227. The lowest BCUT2D eigenvalue weighted by molar-refractivity contribution is -0.162. The van der Waals surface area contributed by atoms with Gasteiger partial charge in [0.05, 0.1) is 6.10 Å². The van der Waals surface area contributed by atoms with Gasteiger partial charge in [-0.2, -0.15) is 0 Å². The monoisotopic (exact) mass is 257 g/mol. The summed E-state index contributed by atoms with van der Waals surface area (Å²) in [6.45, 7) is 5.16. The number of amides is 1. The Morgan fingerprint density at radius 1 is 1.33 bits per heavy atom. The van der Waals surface area contributed by atoms with E-state index in [9.17, 15) is 9.59 Å². The van der Waals surface area contributed by atoms with Gasteiger partial charge in [0.25, 0.3) is 0 Å². The highest BCUT2D eigenvalue weighted by Gasteiger charge is 2.50. The fraction of sp³-hybridized carbons (Fsp3) is 0.846. The number of unbranched alkanes of at least 4 members (excludes halogenated alkanes) is 1. The molecule has 104 valence electrons. The molecule has 1 amide bonds. The number of nitrogens with one attached hydrogen (secondary N) is 1. The Morgan fingerprint density at radius 3 is 2.44 bits per heavy atom. The molecule has 0 aromatic carbocycles. The summed E-state index contributed by atoms with van der Waals surface area (Å²) >= 11 is 0. The molecule has 0 aromatic rings. The molecule has 0 heterocycles. The van der Waals surface area contributed by atoms with Crippen molar-refractivity contribution in [3.8, 4) is 0 Å². The molecule has 0 aliphatic heterocycles. The second-order valence-corrected chi connectivity index (χ2v) is 5.12. The van der Waals surface area contributed by atoms with Crippen LogP contribution in [0, 0.1) is 5.41 Å². The van der Waals surface area contributed by atoms with E-state index in [1.165, 1.54) is 0 Å². The molecule has 0 atom stereocenters. The number of hydrogen-bond donors (Lipinski definition) is 2. The number of carbonyl (C=O) groups excluding carboxylic acids is 1. The molecule has 0 aromatic heterocycles. The van der Waals surface area contributed by atoms with E-state index in [0.717, 1.165) is 19.3 Å². The van der Waals surface area contributed by atoms with Crippen LogP contribution in [0.1, 0.15) is 46.0 Å². The summed E-state index contributed by atoms with van der Waals surface area (Å²) in [5, 5.41) is 11.8. The Labute approximate surface area is 108 Å². The van der Waals surface area contributed by atoms with Gasteiger partial charge >= 0.3 is 5.97 Å². The predicted octanol–water partition coefficient (Wildman–Crippen LogP) is 1.56. The Kier molecular flexibility index (Phi) is 5.59. The third-order valence-electron chi connectivity index (χ3n) is 3.36. The van der Waals surface area contributed by atoms with E-state index in [4.69, 9.17) is 9.84 Å². The smallest absolute Gasteiger partial charge is 0.319 e. The molecule has 0 saturated heterocycles. The molecule has 0 unspecified atom stereocenters. The minimum atomic E-state index is -1.14. The first-order chi connectivity index (χ1) is 8.49. The number of carbonyl (C=O) groups is 2. The summed E-state index contributed by atoms with van der Waals surface area (Å²) in [7, 11) is 0. The Balaban J connectivity index is 2.15. The third-order valence-corrected chi connectivity index (χ3v) is 3.36. The fourth-order valence-electron chi connectivity index (χ4n) is 1.99. The van der Waals surface area contributed by atoms with Crippen LogP contribution in [-0.4, -0.2) is 36.2 Å². The molecule has 1 fully saturated rings. The highest BCUT2D eigenvalue weighted by molar-refractivity contribution is 6.02. The van der Waals surface area contributed by atoms with Crippen molar-refractivity contribution in [3.63, 3.8) is 0 Å². The molecule has 1 saturated carbocycles. The van der Waals surface area contributed by atoms with Crippen LogP contribution in [0.4, 0.5) is 0 Å². The molecule has 1 aliphatic rings. The van der Waals surface area contributed by atoms with E-state index in [1.807, 2.05) is 13.8 Å². The van der Waals surface area contributed by atoms with Crippen LogP contribution in [0.3, 0.4) is 0 Å². The molecule has 2 N–H and O–H groups in total. The van der Waals surface area contributed by atoms with Crippen LogP contribution >= 0.6 is 0 Å². The quantitative estimate of drug-likeness (QED) is 0.511. The van der Waals surface area contributed by atoms with Gasteiger partial charge < -0.3 is 15.2 Å². The summed E-state index contributed by atoms with van der Waals surface area (Å²) in [6.07, 6.45) is 3.66. The van der Waals surface area contributed by atoms with Crippen molar-refractivity contribution in [1.82, 2.24) is 5.32 Å². The lowest BCUT2D eigenvalue weighted by atomic mass is 9.68. The molecule has 5 nitrogen and oxygen atoms in total. The minimum Gasteiger partial charge on any atom is -0.480 e. The van der Waals surface area contributed by atoms with E-state index in [0.29, 0.717) is 26.0 Å². The van der Waals surface area contributed by atoms with Crippen LogP contribution in [0.2, 0.25) is 0 Å². The van der Waals surface area contributed by atoms with Gasteiger partial charge in [-0.05, 0) is 39.5 Å². The van der Waals surface area contributed by atoms with Gasteiger partial charge in [-0.25, -0.2) is 0 Å². The lowest BCUT2D eigenvalue weighted by Gasteiger charge is -2.35. The van der Waals surface area contributed by atoms with E-state index in [-0.39, 0.29) is 12.0 Å². The number of carboxylic acids is 1. The average Bonchev–Trinajstić information content (AvgIpc) is 2.20. The molecule has 0 spiro atoms. The maximum atomic E-state index is 11.8. The summed E-state index contributed by atoms with van der Waals surface area (Å²) in [5.74, 6) is -1.32. The van der Waals surface area contributed by atoms with Crippen molar-refractivity contribution >= 4 is 11.9 Å². The normalized spacial score (nSPS) is 17.3. The average molecular weight is 257 g/mol. The van der Waals surface area contributed by atoms with Gasteiger partial charge in [-0.1, -0.05) is 6.42 Å². The zero-order valence-corrected chi connectivity index (χ0v) is 11.2. The molecular weight excluding hydrogens is 234 g/mol. The first-order valence-corrected chi connectivity index (χ1v) is 6.62. The van der Waals surface area contributed by atoms with Gasteiger partial charge in [0.1, 0.15) is 5.41 Å². The second-order valence-electron chi connectivity index (χ2n) is 5.12. The highest BCUT2D eigenvalue weighted by atomic mass is 16.5. The number of carboxylic acid groups (broad SMARTS) is 1. The number of hydrogen-bond acceptors (Lipinski definition) is 3. The third kappa shape index (κ3) is 3.70. The first kappa shape index (κ1) is 15.0. The van der Waals surface area contributed by atoms with Gasteiger partial charge in [0, 0.05) is 13.2 Å². The van der Waals surface area contributed by atoms with Crippen LogP contribution in [0.25, 0.3) is 0 Å². The van der Waals surface area contributed by atoms with E-state index < -0.39 is 11.4 Å². The van der Waals surface area contributed by atoms with E-state index in [2.05, 4.69) is 5.32 Å². The lowest BCUT2D eigenvalue weighted by Crippen LogP contribution is -2.51. The first-order valence-electron chi connectivity index (χ1n) is 6.62. The predicted molar refractivity (Wildman–Crippen MR) is 67.3 cm³/mol. The summed E-state index contributed by atoms with van der Waals surface area (Å²) in [5.41, 5.74) is -1.14. The summed E-state index contributed by atoms with van der Waals surface area (Å²) in [4.78, 5) is 22.9. The Morgan fingerprint density at radius 2 is 2.00 bits per heavy atom. The Bertz CT molecular complexity index is 297. The molecule has 0 bridgehead atoms.